The van der Waals surface area contributed by atoms with Crippen LogP contribution in [0.2, 0.25) is 0 Å². The average Bonchev–Trinajstić information content (AvgIpc) is 3.04. The van der Waals surface area contributed by atoms with Gasteiger partial charge >= 0.3 is 0 Å². The lowest BCUT2D eigenvalue weighted by Gasteiger charge is -2.37. The zero-order valence-electron chi connectivity index (χ0n) is 15.1. The molecule has 26 heavy (non-hydrogen) atoms. The first kappa shape index (κ1) is 18.5. The fourth-order valence-corrected chi connectivity index (χ4v) is 4.01. The van der Waals surface area contributed by atoms with Crippen molar-refractivity contribution in [2.75, 3.05) is 18.4 Å². The molecule has 3 rings (SSSR count). The molecule has 6 nitrogen and oxygen atoms in total. The molecule has 1 aromatic heterocycles. The van der Waals surface area contributed by atoms with E-state index >= 15 is 0 Å². The first-order chi connectivity index (χ1) is 12.5. The number of rotatable bonds is 6. The smallest absolute Gasteiger partial charge is 0.237 e. The van der Waals surface area contributed by atoms with Gasteiger partial charge in [0.15, 0.2) is 5.13 Å². The van der Waals surface area contributed by atoms with E-state index in [1.165, 1.54) is 16.9 Å². The predicted octanol–water partition coefficient (Wildman–Crippen LogP) is 2.27. The van der Waals surface area contributed by atoms with Crippen molar-refractivity contribution in [1.29, 1.82) is 0 Å². The van der Waals surface area contributed by atoms with Crippen molar-refractivity contribution >= 4 is 28.3 Å². The van der Waals surface area contributed by atoms with Gasteiger partial charge in [0.25, 0.3) is 0 Å². The maximum Gasteiger partial charge on any atom is 0.237 e. The molecule has 0 bridgehead atoms. The number of aromatic nitrogens is 1. The van der Waals surface area contributed by atoms with E-state index in [9.17, 15) is 9.59 Å². The monoisotopic (exact) mass is 372 g/mol. The zero-order valence-corrected chi connectivity index (χ0v) is 15.9. The van der Waals surface area contributed by atoms with Crippen LogP contribution in [-0.4, -0.2) is 46.9 Å². The van der Waals surface area contributed by atoms with Crippen LogP contribution in [-0.2, 0) is 16.0 Å². The summed E-state index contributed by atoms with van der Waals surface area (Å²) in [7, 11) is 0. The van der Waals surface area contributed by atoms with E-state index in [1.54, 1.807) is 6.20 Å². The van der Waals surface area contributed by atoms with Crippen LogP contribution in [0, 0.1) is 0 Å². The fourth-order valence-electron chi connectivity index (χ4n) is 3.15. The van der Waals surface area contributed by atoms with E-state index in [1.807, 2.05) is 32.0 Å². The lowest BCUT2D eigenvalue weighted by atomic mass is 10.1. The molecule has 138 valence electrons. The van der Waals surface area contributed by atoms with E-state index in [4.69, 9.17) is 0 Å². The number of thiazole rings is 1. The van der Waals surface area contributed by atoms with E-state index in [2.05, 4.69) is 32.7 Å². The number of benzene rings is 1. The van der Waals surface area contributed by atoms with Gasteiger partial charge < -0.3 is 10.6 Å². The largest absolute Gasteiger partial charge is 0.353 e. The summed E-state index contributed by atoms with van der Waals surface area (Å²) < 4.78 is 0. The minimum absolute atomic E-state index is 0.0796. The summed E-state index contributed by atoms with van der Waals surface area (Å²) in [6.07, 6.45) is 2.72. The molecule has 2 heterocycles. The van der Waals surface area contributed by atoms with E-state index in [-0.39, 0.29) is 24.3 Å². The van der Waals surface area contributed by atoms with Gasteiger partial charge in [-0.15, -0.1) is 11.3 Å². The number of hydrogen-bond acceptors (Lipinski definition) is 5. The Bertz CT molecular complexity index is 760. The Morgan fingerprint density at radius 2 is 2.15 bits per heavy atom. The highest BCUT2D eigenvalue weighted by molar-refractivity contribution is 7.15. The molecular weight excluding hydrogens is 348 g/mol. The van der Waals surface area contributed by atoms with Crippen LogP contribution in [0.4, 0.5) is 5.13 Å². The number of carbonyl (C=O) groups excluding carboxylic acids is 2. The Balaban J connectivity index is 1.58. The summed E-state index contributed by atoms with van der Waals surface area (Å²) in [6, 6.07) is 9.94. The molecule has 1 saturated heterocycles. The number of carbonyl (C=O) groups is 2. The molecule has 1 fully saturated rings. The molecule has 1 aromatic carbocycles. The van der Waals surface area contributed by atoms with Gasteiger partial charge in [0.2, 0.25) is 11.8 Å². The van der Waals surface area contributed by atoms with E-state index in [0.717, 1.165) is 17.8 Å². The Labute approximate surface area is 157 Å². The highest BCUT2D eigenvalue weighted by atomic mass is 32.1. The van der Waals surface area contributed by atoms with Crippen LogP contribution in [0.5, 0.6) is 0 Å². The van der Waals surface area contributed by atoms with Crippen LogP contribution in [0.15, 0.2) is 36.5 Å². The maximum absolute atomic E-state index is 12.4. The summed E-state index contributed by atoms with van der Waals surface area (Å²) in [4.78, 5) is 32.0. The topological polar surface area (TPSA) is 74.3 Å². The third-order valence-corrected chi connectivity index (χ3v) is 5.35. The molecule has 0 radical (unpaired) electrons. The molecule has 0 unspecified atom stereocenters. The Morgan fingerprint density at radius 3 is 2.88 bits per heavy atom. The lowest BCUT2D eigenvalue weighted by Crippen LogP contribution is -2.58. The number of hydrogen-bond donors (Lipinski definition) is 2. The number of piperazine rings is 1. The molecule has 1 aliphatic rings. The van der Waals surface area contributed by atoms with Crippen molar-refractivity contribution in [1.82, 2.24) is 15.2 Å². The molecule has 2 N–H and O–H groups in total. The molecule has 0 aliphatic carbocycles. The van der Waals surface area contributed by atoms with Crippen LogP contribution in [0.3, 0.4) is 0 Å². The first-order valence-electron chi connectivity index (χ1n) is 8.85. The minimum Gasteiger partial charge on any atom is -0.353 e. The Morgan fingerprint density at radius 1 is 1.38 bits per heavy atom. The second kappa shape index (κ2) is 8.42. The van der Waals surface area contributed by atoms with Gasteiger partial charge in [-0.25, -0.2) is 4.98 Å². The minimum atomic E-state index is -0.424. The zero-order chi connectivity index (χ0) is 18.5. The van der Waals surface area contributed by atoms with Gasteiger partial charge in [-0.2, -0.15) is 0 Å². The van der Waals surface area contributed by atoms with Crippen molar-refractivity contribution in [3.05, 3.63) is 47.0 Å². The van der Waals surface area contributed by atoms with E-state index in [0.29, 0.717) is 11.7 Å². The number of nitrogens with zero attached hydrogens (tertiary/aromatic N) is 2. The second-order valence-corrected chi connectivity index (χ2v) is 7.80. The molecule has 1 atom stereocenters. The highest BCUT2D eigenvalue weighted by Crippen LogP contribution is 2.22. The van der Waals surface area contributed by atoms with Crippen molar-refractivity contribution in [3.8, 4) is 0 Å². The van der Waals surface area contributed by atoms with Crippen LogP contribution in [0.1, 0.15) is 30.7 Å². The number of nitrogens with one attached hydrogen (secondary N) is 2. The van der Waals surface area contributed by atoms with Gasteiger partial charge in [-0.05, 0) is 19.4 Å². The summed E-state index contributed by atoms with van der Waals surface area (Å²) in [5.41, 5.74) is 1.21. The summed E-state index contributed by atoms with van der Waals surface area (Å²) >= 11 is 1.47. The van der Waals surface area contributed by atoms with Gasteiger partial charge in [0.1, 0.15) is 0 Å². The third-order valence-electron chi connectivity index (χ3n) is 4.44. The van der Waals surface area contributed by atoms with Crippen molar-refractivity contribution in [2.45, 2.75) is 38.8 Å². The molecular formula is C19H24N4O2S. The lowest BCUT2D eigenvalue weighted by molar-refractivity contribution is -0.133. The highest BCUT2D eigenvalue weighted by Gasteiger charge is 2.33. The SMILES string of the molecule is CC(C)N1CCNC(=O)[C@@H]1CC(=O)Nc1ncc(Cc2ccccc2)s1. The third kappa shape index (κ3) is 4.68. The first-order valence-corrected chi connectivity index (χ1v) is 9.66. The van der Waals surface area contributed by atoms with Crippen LogP contribution in [0.25, 0.3) is 0 Å². The van der Waals surface area contributed by atoms with Gasteiger partial charge in [-0.3, -0.25) is 14.5 Å². The van der Waals surface area contributed by atoms with Crippen molar-refractivity contribution in [3.63, 3.8) is 0 Å². The summed E-state index contributed by atoms with van der Waals surface area (Å²) in [5, 5.41) is 6.26. The predicted molar refractivity (Wildman–Crippen MR) is 103 cm³/mol. The second-order valence-electron chi connectivity index (χ2n) is 6.68. The molecule has 7 heteroatoms. The normalized spacial score (nSPS) is 18.0. The molecule has 1 aliphatic heterocycles. The Hall–Kier alpha value is -2.25. The fraction of sp³-hybridized carbons (Fsp3) is 0.421. The van der Waals surface area contributed by atoms with Gasteiger partial charge in [0.05, 0.1) is 12.5 Å². The average molecular weight is 372 g/mol. The van der Waals surface area contributed by atoms with E-state index < -0.39 is 6.04 Å². The summed E-state index contributed by atoms with van der Waals surface area (Å²) in [5.74, 6) is -0.262. The van der Waals surface area contributed by atoms with Crippen LogP contribution < -0.4 is 10.6 Å². The Kier molecular flexibility index (Phi) is 6.00. The molecule has 2 amide bonds. The summed E-state index contributed by atoms with van der Waals surface area (Å²) in [6.45, 7) is 5.48. The van der Waals surface area contributed by atoms with Crippen molar-refractivity contribution < 1.29 is 9.59 Å². The van der Waals surface area contributed by atoms with Crippen LogP contribution >= 0.6 is 11.3 Å². The maximum atomic E-state index is 12.4. The standard InChI is InChI=1S/C19H24N4O2S/c1-13(2)23-9-8-20-18(25)16(23)11-17(24)22-19-21-12-15(26-19)10-14-6-4-3-5-7-14/h3-7,12-13,16H,8-11H2,1-2H3,(H,20,25)(H,21,22,24)/t16-/m0/s1. The van der Waals surface area contributed by atoms with Gasteiger partial charge in [0, 0.05) is 36.6 Å². The molecule has 0 spiro atoms. The van der Waals surface area contributed by atoms with Gasteiger partial charge in [-0.1, -0.05) is 30.3 Å². The number of anilines is 1. The molecule has 0 saturated carbocycles. The number of amides is 2. The quantitative estimate of drug-likeness (QED) is 0.816. The molecule has 2 aromatic rings. The van der Waals surface area contributed by atoms with Crippen molar-refractivity contribution in [2.24, 2.45) is 0 Å².